The van der Waals surface area contributed by atoms with Gasteiger partial charge < -0.3 is 15.2 Å². The number of rotatable bonds is 4. The molecule has 5 nitrogen and oxygen atoms in total. The Morgan fingerprint density at radius 1 is 1.25 bits per heavy atom. The van der Waals surface area contributed by atoms with Gasteiger partial charge in [0.2, 0.25) is 0 Å². The van der Waals surface area contributed by atoms with E-state index in [4.69, 9.17) is 15.2 Å². The molecule has 0 unspecified atom stereocenters. The molecule has 0 fully saturated rings. The maximum atomic E-state index is 5.59. The smallest absolute Gasteiger partial charge is 0.165 e. The second kappa shape index (κ2) is 4.80. The number of methoxy groups -OCH3 is 1. The molecule has 2 N–H and O–H groups in total. The summed E-state index contributed by atoms with van der Waals surface area (Å²) >= 11 is 1.24. The third-order valence-electron chi connectivity index (χ3n) is 2.01. The SMILES string of the molecule is COc1ccc(OCc2snnc2N)cc1. The zero-order valence-corrected chi connectivity index (χ0v) is 9.53. The molecule has 0 spiro atoms. The minimum Gasteiger partial charge on any atom is -0.497 e. The van der Waals surface area contributed by atoms with Crippen LogP contribution >= 0.6 is 11.5 Å². The van der Waals surface area contributed by atoms with E-state index in [1.165, 1.54) is 11.5 Å². The normalized spacial score (nSPS) is 10.1. The van der Waals surface area contributed by atoms with Gasteiger partial charge in [-0.2, -0.15) is 0 Å². The van der Waals surface area contributed by atoms with Crippen molar-refractivity contribution in [2.24, 2.45) is 0 Å². The van der Waals surface area contributed by atoms with Crippen molar-refractivity contribution in [3.05, 3.63) is 29.1 Å². The van der Waals surface area contributed by atoms with Gasteiger partial charge in [0.15, 0.2) is 5.82 Å². The molecular weight excluding hydrogens is 226 g/mol. The standard InChI is InChI=1S/C10H11N3O2S/c1-14-7-2-4-8(5-3-7)15-6-9-10(11)12-13-16-9/h2-5H,6,11H2,1H3. The average Bonchev–Trinajstić information content (AvgIpc) is 2.73. The fraction of sp³-hybridized carbons (Fsp3) is 0.200. The van der Waals surface area contributed by atoms with E-state index in [9.17, 15) is 0 Å². The van der Waals surface area contributed by atoms with Crippen LogP contribution in [0.4, 0.5) is 5.82 Å². The molecule has 0 bridgehead atoms. The van der Waals surface area contributed by atoms with Crippen LogP contribution in [0.2, 0.25) is 0 Å². The summed E-state index contributed by atoms with van der Waals surface area (Å²) < 4.78 is 14.3. The quantitative estimate of drug-likeness (QED) is 0.876. The van der Waals surface area contributed by atoms with Gasteiger partial charge in [-0.3, -0.25) is 0 Å². The molecule has 0 atom stereocenters. The molecule has 84 valence electrons. The van der Waals surface area contributed by atoms with Gasteiger partial charge in [-0.05, 0) is 35.8 Å². The number of nitrogens with zero attached hydrogens (tertiary/aromatic N) is 2. The van der Waals surface area contributed by atoms with Crippen LogP contribution in [-0.4, -0.2) is 16.7 Å². The van der Waals surface area contributed by atoms with E-state index < -0.39 is 0 Å². The van der Waals surface area contributed by atoms with E-state index in [0.717, 1.165) is 16.4 Å². The number of hydrogen-bond donors (Lipinski definition) is 1. The molecule has 2 aromatic rings. The van der Waals surface area contributed by atoms with Crippen molar-refractivity contribution < 1.29 is 9.47 Å². The zero-order chi connectivity index (χ0) is 11.4. The topological polar surface area (TPSA) is 70.3 Å². The number of hydrogen-bond acceptors (Lipinski definition) is 6. The molecule has 1 aromatic carbocycles. The van der Waals surface area contributed by atoms with E-state index in [-0.39, 0.29) is 0 Å². The van der Waals surface area contributed by atoms with Crippen LogP contribution in [0.25, 0.3) is 0 Å². The summed E-state index contributed by atoms with van der Waals surface area (Å²) in [5.74, 6) is 1.98. The number of anilines is 1. The summed E-state index contributed by atoms with van der Waals surface area (Å²) in [6.45, 7) is 0.385. The van der Waals surface area contributed by atoms with E-state index in [1.807, 2.05) is 24.3 Å². The summed E-state index contributed by atoms with van der Waals surface area (Å²) in [6.07, 6.45) is 0. The third kappa shape index (κ3) is 2.40. The average molecular weight is 237 g/mol. The predicted molar refractivity (Wildman–Crippen MR) is 61.6 cm³/mol. The summed E-state index contributed by atoms with van der Waals surface area (Å²) in [5.41, 5.74) is 5.59. The lowest BCUT2D eigenvalue weighted by Gasteiger charge is -2.05. The fourth-order valence-electron chi connectivity index (χ4n) is 1.14. The van der Waals surface area contributed by atoms with Crippen molar-refractivity contribution in [3.63, 3.8) is 0 Å². The minimum absolute atomic E-state index is 0.385. The van der Waals surface area contributed by atoms with Crippen molar-refractivity contribution in [1.82, 2.24) is 9.59 Å². The van der Waals surface area contributed by atoms with Crippen molar-refractivity contribution in [2.45, 2.75) is 6.61 Å². The van der Waals surface area contributed by atoms with Crippen LogP contribution in [0.5, 0.6) is 11.5 Å². The summed E-state index contributed by atoms with van der Waals surface area (Å²) in [5, 5.41) is 3.70. The van der Waals surface area contributed by atoms with Crippen LogP contribution in [0.15, 0.2) is 24.3 Å². The Morgan fingerprint density at radius 2 is 1.94 bits per heavy atom. The van der Waals surface area contributed by atoms with Crippen molar-refractivity contribution in [3.8, 4) is 11.5 Å². The van der Waals surface area contributed by atoms with Gasteiger partial charge in [0.05, 0.1) is 7.11 Å². The molecule has 0 aliphatic carbocycles. The number of aromatic nitrogens is 2. The van der Waals surface area contributed by atoms with Crippen LogP contribution < -0.4 is 15.2 Å². The van der Waals surface area contributed by atoms with Crippen molar-refractivity contribution >= 4 is 17.4 Å². The molecule has 6 heteroatoms. The predicted octanol–water partition coefficient (Wildman–Crippen LogP) is 1.71. The summed E-state index contributed by atoms with van der Waals surface area (Å²) in [4.78, 5) is 0.829. The molecular formula is C10H11N3O2S. The van der Waals surface area contributed by atoms with Crippen LogP contribution in [0.1, 0.15) is 4.88 Å². The third-order valence-corrected chi connectivity index (χ3v) is 2.73. The first-order valence-corrected chi connectivity index (χ1v) is 5.40. The Balaban J connectivity index is 1.97. The molecule has 0 aliphatic heterocycles. The van der Waals surface area contributed by atoms with Crippen molar-refractivity contribution in [1.29, 1.82) is 0 Å². The Bertz CT molecular complexity index is 455. The Hall–Kier alpha value is -1.82. The van der Waals surface area contributed by atoms with Crippen LogP contribution in [-0.2, 0) is 6.61 Å². The zero-order valence-electron chi connectivity index (χ0n) is 8.71. The lowest BCUT2D eigenvalue weighted by molar-refractivity contribution is 0.309. The van der Waals surface area contributed by atoms with E-state index in [2.05, 4.69) is 9.59 Å². The van der Waals surface area contributed by atoms with E-state index in [1.54, 1.807) is 7.11 Å². The monoisotopic (exact) mass is 237 g/mol. The van der Waals surface area contributed by atoms with Crippen LogP contribution in [0.3, 0.4) is 0 Å². The summed E-state index contributed by atoms with van der Waals surface area (Å²) in [6, 6.07) is 7.35. The highest BCUT2D eigenvalue weighted by atomic mass is 32.1. The number of nitrogen functional groups attached to an aromatic ring is 1. The number of ether oxygens (including phenoxy) is 2. The maximum Gasteiger partial charge on any atom is 0.165 e. The van der Waals surface area contributed by atoms with Crippen molar-refractivity contribution in [2.75, 3.05) is 12.8 Å². The molecule has 2 rings (SSSR count). The molecule has 1 aromatic heterocycles. The van der Waals surface area contributed by atoms with Gasteiger partial charge in [0.25, 0.3) is 0 Å². The molecule has 1 heterocycles. The molecule has 0 radical (unpaired) electrons. The molecule has 0 amide bonds. The second-order valence-corrected chi connectivity index (χ2v) is 3.88. The van der Waals surface area contributed by atoms with Gasteiger partial charge in [0.1, 0.15) is 23.0 Å². The lowest BCUT2D eigenvalue weighted by atomic mass is 10.3. The molecule has 0 saturated heterocycles. The maximum absolute atomic E-state index is 5.59. The van der Waals surface area contributed by atoms with Gasteiger partial charge in [-0.25, -0.2) is 0 Å². The van der Waals surface area contributed by atoms with Gasteiger partial charge in [0, 0.05) is 0 Å². The second-order valence-electron chi connectivity index (χ2n) is 3.05. The highest BCUT2D eigenvalue weighted by Crippen LogP contribution is 2.20. The molecule has 16 heavy (non-hydrogen) atoms. The number of nitrogens with two attached hydrogens (primary N) is 1. The first-order valence-electron chi connectivity index (χ1n) is 4.63. The largest absolute Gasteiger partial charge is 0.497 e. The first-order chi connectivity index (χ1) is 7.79. The minimum atomic E-state index is 0.385. The Kier molecular flexibility index (Phi) is 3.21. The van der Waals surface area contributed by atoms with Crippen LogP contribution in [0, 0.1) is 0 Å². The van der Waals surface area contributed by atoms with Gasteiger partial charge in [-0.1, -0.05) is 4.49 Å². The Labute approximate surface area is 97.0 Å². The first kappa shape index (κ1) is 10.7. The van der Waals surface area contributed by atoms with Gasteiger partial charge in [-0.15, -0.1) is 5.10 Å². The molecule has 0 aliphatic rings. The fourth-order valence-corrected chi connectivity index (χ4v) is 1.61. The van der Waals surface area contributed by atoms with E-state index in [0.29, 0.717) is 12.4 Å². The Morgan fingerprint density at radius 3 is 2.50 bits per heavy atom. The highest BCUT2D eigenvalue weighted by Gasteiger charge is 2.04. The lowest BCUT2D eigenvalue weighted by Crippen LogP contribution is -1.97. The highest BCUT2D eigenvalue weighted by molar-refractivity contribution is 7.05. The number of benzene rings is 1. The summed E-state index contributed by atoms with van der Waals surface area (Å²) in [7, 11) is 1.62. The van der Waals surface area contributed by atoms with E-state index >= 15 is 0 Å². The van der Waals surface area contributed by atoms with Gasteiger partial charge >= 0.3 is 0 Å². The molecule has 0 saturated carbocycles.